The van der Waals surface area contributed by atoms with E-state index in [0.717, 1.165) is 20.9 Å². The van der Waals surface area contributed by atoms with Crippen LogP contribution in [0.2, 0.25) is 5.02 Å². The van der Waals surface area contributed by atoms with Crippen LogP contribution in [0.15, 0.2) is 77.4 Å². The Hall–Kier alpha value is -4.38. The number of aryl methyl sites for hydroxylation is 2. The summed E-state index contributed by atoms with van der Waals surface area (Å²) in [6.45, 7) is 4.87. The number of primary amides is 1. The summed E-state index contributed by atoms with van der Waals surface area (Å²) in [4.78, 5) is 35.7. The number of benzene rings is 3. The monoisotopic (exact) mass is 702 g/mol. The Balaban J connectivity index is 1.50. The number of rotatable bonds is 7. The molecule has 2 amide bonds. The maximum Gasteiger partial charge on any atom is 0.251 e. The number of nitrogens with one attached hydrogen (secondary N) is 1. The molecule has 0 fully saturated rings. The van der Waals surface area contributed by atoms with Gasteiger partial charge in [-0.05, 0) is 89.8 Å². The lowest BCUT2D eigenvalue weighted by Gasteiger charge is -2.30. The molecule has 0 unspecified atom stereocenters. The molecule has 2 atom stereocenters. The van der Waals surface area contributed by atoms with Crippen LogP contribution >= 0.6 is 27.5 Å². The van der Waals surface area contributed by atoms with Crippen LogP contribution < -0.4 is 15.8 Å². The molecule has 5 aromatic rings. The van der Waals surface area contributed by atoms with Gasteiger partial charge in [0.15, 0.2) is 0 Å². The lowest BCUT2D eigenvalue weighted by atomic mass is 9.80. The minimum atomic E-state index is -1.89. The van der Waals surface area contributed by atoms with Crippen LogP contribution in [0.3, 0.4) is 0 Å². The molecule has 0 aliphatic carbocycles. The first-order chi connectivity index (χ1) is 21.8. The average molecular weight is 704 g/mol. The molecule has 0 saturated carbocycles. The number of carbonyl (C=O) groups is 2. The van der Waals surface area contributed by atoms with E-state index in [2.05, 4.69) is 26.2 Å². The predicted molar refractivity (Wildman–Crippen MR) is 177 cm³/mol. The van der Waals surface area contributed by atoms with Gasteiger partial charge in [0.25, 0.3) is 5.91 Å². The first-order valence-corrected chi connectivity index (χ1v) is 15.6. The van der Waals surface area contributed by atoms with E-state index < -0.39 is 28.6 Å². The van der Waals surface area contributed by atoms with E-state index in [4.69, 9.17) is 27.1 Å². The van der Waals surface area contributed by atoms with Gasteiger partial charge in [0, 0.05) is 32.7 Å². The SMILES string of the molecule is Cc1cc(F)c(Cl)cc1-c1nc([C@@](O)(CNC(=O)c2cc(C)c3ncc(Br)cc3c2)c2ccccc2)cc2c1OC[C@]2(C)C(N)=O. The Morgan fingerprint density at radius 1 is 1.13 bits per heavy atom. The summed E-state index contributed by atoms with van der Waals surface area (Å²) < 4.78 is 21.2. The molecule has 0 radical (unpaired) electrons. The molecule has 8 nitrogen and oxygen atoms in total. The van der Waals surface area contributed by atoms with Crippen molar-refractivity contribution in [3.63, 3.8) is 0 Å². The largest absolute Gasteiger partial charge is 0.489 e. The van der Waals surface area contributed by atoms with Crippen molar-refractivity contribution >= 4 is 50.2 Å². The highest BCUT2D eigenvalue weighted by atomic mass is 79.9. The Kier molecular flexibility index (Phi) is 8.08. The molecule has 1 aliphatic rings. The molecule has 46 heavy (non-hydrogen) atoms. The van der Waals surface area contributed by atoms with Crippen LogP contribution in [-0.4, -0.2) is 40.0 Å². The van der Waals surface area contributed by atoms with Gasteiger partial charge in [0.2, 0.25) is 5.91 Å². The highest BCUT2D eigenvalue weighted by Gasteiger charge is 2.46. The standard InChI is InChI=1S/C35H29BrClFN4O4/c1-18-10-27(38)26(37)13-24(18)30-31-25(34(3,17-46-31)33(39)44)14-28(42-30)35(45,22-7-5-4-6-8-22)16-41-32(43)21-9-19(2)29-20(11-21)12-23(36)15-40-29/h4-15,45H,16-17H2,1-3H3,(H2,39,44)(H,41,43)/t34-,35+/m0/s1. The van der Waals surface area contributed by atoms with Crippen molar-refractivity contribution in [2.75, 3.05) is 13.2 Å². The summed E-state index contributed by atoms with van der Waals surface area (Å²) in [6.07, 6.45) is 1.70. The Morgan fingerprint density at radius 2 is 1.87 bits per heavy atom. The van der Waals surface area contributed by atoms with Crippen LogP contribution in [0.1, 0.15) is 45.2 Å². The van der Waals surface area contributed by atoms with Gasteiger partial charge in [-0.2, -0.15) is 0 Å². The van der Waals surface area contributed by atoms with Crippen molar-refractivity contribution in [1.29, 1.82) is 0 Å². The number of halogens is 3. The molecule has 4 N–H and O–H groups in total. The van der Waals surface area contributed by atoms with Crippen LogP contribution in [0.5, 0.6) is 5.75 Å². The van der Waals surface area contributed by atoms with E-state index in [1.807, 2.05) is 13.0 Å². The van der Waals surface area contributed by atoms with Crippen LogP contribution in [0.4, 0.5) is 4.39 Å². The number of amides is 2. The van der Waals surface area contributed by atoms with Gasteiger partial charge in [-0.15, -0.1) is 0 Å². The van der Waals surface area contributed by atoms with Crippen LogP contribution in [-0.2, 0) is 15.8 Å². The van der Waals surface area contributed by atoms with Gasteiger partial charge < -0.3 is 20.9 Å². The van der Waals surface area contributed by atoms with E-state index in [9.17, 15) is 19.1 Å². The summed E-state index contributed by atoms with van der Waals surface area (Å²) in [5, 5.41) is 16.1. The van der Waals surface area contributed by atoms with Gasteiger partial charge in [-0.1, -0.05) is 41.9 Å². The van der Waals surface area contributed by atoms with Gasteiger partial charge in [0.1, 0.15) is 34.9 Å². The molecule has 0 saturated heterocycles. The normalized spacial score (nSPS) is 16.8. The lowest BCUT2D eigenvalue weighted by molar-refractivity contribution is -0.123. The van der Waals surface area contributed by atoms with Crippen molar-refractivity contribution < 1.29 is 23.8 Å². The summed E-state index contributed by atoms with van der Waals surface area (Å²) in [6, 6.07) is 18.4. The number of aromatic nitrogens is 2. The number of pyridine rings is 2. The fourth-order valence-electron chi connectivity index (χ4n) is 5.78. The van der Waals surface area contributed by atoms with Gasteiger partial charge in [0.05, 0.1) is 22.8 Å². The highest BCUT2D eigenvalue weighted by Crippen LogP contribution is 2.47. The Bertz CT molecular complexity index is 2060. The van der Waals surface area contributed by atoms with Gasteiger partial charge in [-0.3, -0.25) is 14.6 Å². The summed E-state index contributed by atoms with van der Waals surface area (Å²) in [7, 11) is 0. The van der Waals surface area contributed by atoms with Crippen LogP contribution in [0, 0.1) is 19.7 Å². The number of nitrogens with zero attached hydrogens (tertiary/aromatic N) is 2. The van der Waals surface area contributed by atoms with E-state index in [-0.39, 0.29) is 35.3 Å². The fourth-order valence-corrected chi connectivity index (χ4v) is 6.30. The molecule has 0 bridgehead atoms. The number of fused-ring (bicyclic) bond motifs is 2. The first kappa shape index (κ1) is 31.6. The Morgan fingerprint density at radius 3 is 2.59 bits per heavy atom. The Labute approximate surface area is 277 Å². The third kappa shape index (κ3) is 5.40. The number of aliphatic hydroxyl groups is 1. The maximum atomic E-state index is 14.4. The molecule has 1 aliphatic heterocycles. The van der Waals surface area contributed by atoms with Crippen molar-refractivity contribution in [2.45, 2.75) is 31.8 Å². The number of carbonyl (C=O) groups excluding carboxylic acids is 2. The van der Waals surface area contributed by atoms with E-state index in [0.29, 0.717) is 27.8 Å². The zero-order valence-corrected chi connectivity index (χ0v) is 27.5. The van der Waals surface area contributed by atoms with E-state index >= 15 is 0 Å². The van der Waals surface area contributed by atoms with E-state index in [1.54, 1.807) is 68.6 Å². The molecule has 3 heterocycles. The highest BCUT2D eigenvalue weighted by molar-refractivity contribution is 9.10. The van der Waals surface area contributed by atoms with Crippen molar-refractivity contribution in [3.8, 4) is 17.0 Å². The minimum absolute atomic E-state index is 0.0590. The molecule has 6 rings (SSSR count). The fraction of sp³-hybridized carbons (Fsp3) is 0.200. The molecule has 11 heteroatoms. The number of hydrogen-bond acceptors (Lipinski definition) is 6. The third-order valence-electron chi connectivity index (χ3n) is 8.52. The number of hydrogen-bond donors (Lipinski definition) is 3. The van der Waals surface area contributed by atoms with Crippen molar-refractivity contribution in [1.82, 2.24) is 15.3 Å². The smallest absolute Gasteiger partial charge is 0.251 e. The predicted octanol–water partition coefficient (Wildman–Crippen LogP) is 6.27. The molecule has 2 aromatic heterocycles. The summed E-state index contributed by atoms with van der Waals surface area (Å²) in [5.74, 6) is -1.38. The molecule has 234 valence electrons. The molecular weight excluding hydrogens is 675 g/mol. The van der Waals surface area contributed by atoms with E-state index in [1.165, 1.54) is 12.1 Å². The second-order valence-corrected chi connectivity index (χ2v) is 13.0. The average Bonchev–Trinajstić information content (AvgIpc) is 3.39. The van der Waals surface area contributed by atoms with Gasteiger partial charge >= 0.3 is 0 Å². The minimum Gasteiger partial charge on any atom is -0.489 e. The zero-order valence-electron chi connectivity index (χ0n) is 25.1. The molecule has 0 spiro atoms. The maximum absolute atomic E-state index is 14.4. The quantitative estimate of drug-likeness (QED) is 0.184. The second kappa shape index (κ2) is 11.8. The second-order valence-electron chi connectivity index (χ2n) is 11.7. The van der Waals surface area contributed by atoms with Crippen molar-refractivity contribution in [2.24, 2.45) is 5.73 Å². The topological polar surface area (TPSA) is 127 Å². The lowest BCUT2D eigenvalue weighted by Crippen LogP contribution is -2.43. The molecule has 3 aromatic carbocycles. The third-order valence-corrected chi connectivity index (χ3v) is 9.24. The number of ether oxygens (including phenoxy) is 1. The van der Waals surface area contributed by atoms with Crippen LogP contribution in [0.25, 0.3) is 22.2 Å². The van der Waals surface area contributed by atoms with Crippen molar-refractivity contribution in [3.05, 3.63) is 122 Å². The summed E-state index contributed by atoms with van der Waals surface area (Å²) >= 11 is 9.63. The zero-order chi connectivity index (χ0) is 33.0. The summed E-state index contributed by atoms with van der Waals surface area (Å²) in [5.41, 5.74) is 6.85. The first-order valence-electron chi connectivity index (χ1n) is 14.4. The number of nitrogens with two attached hydrogens (primary N) is 1. The molecular formula is C35H29BrClFN4O4. The van der Waals surface area contributed by atoms with Gasteiger partial charge in [-0.25, -0.2) is 9.37 Å².